The number of aromatic amines is 1. The molecule has 1 heterocycles. The fourth-order valence-corrected chi connectivity index (χ4v) is 1.24. The highest BCUT2D eigenvalue weighted by atomic mass is 19.1. The minimum Gasteiger partial charge on any atom is -0.288 e. The van der Waals surface area contributed by atoms with Gasteiger partial charge in [0, 0.05) is 0 Å². The van der Waals surface area contributed by atoms with Gasteiger partial charge in [-0.3, -0.25) is 9.78 Å². The molecule has 6 nitrogen and oxygen atoms in total. The van der Waals surface area contributed by atoms with Gasteiger partial charge in [0.1, 0.15) is 17.3 Å². The van der Waals surface area contributed by atoms with Gasteiger partial charge in [0.25, 0.3) is 5.56 Å². The van der Waals surface area contributed by atoms with E-state index in [9.17, 15) is 13.6 Å². The van der Waals surface area contributed by atoms with Crippen LogP contribution >= 0.6 is 0 Å². The number of nitrogens with one attached hydrogen (secondary N) is 2. The predicted molar refractivity (Wildman–Crippen MR) is 65.0 cm³/mol. The Hall–Kier alpha value is -2.64. The number of hydrogen-bond acceptors (Lipinski definition) is 5. The zero-order valence-electron chi connectivity index (χ0n) is 9.82. The van der Waals surface area contributed by atoms with E-state index >= 15 is 0 Å². The van der Waals surface area contributed by atoms with E-state index < -0.39 is 17.2 Å². The van der Waals surface area contributed by atoms with Gasteiger partial charge >= 0.3 is 0 Å². The van der Waals surface area contributed by atoms with Gasteiger partial charge < -0.3 is 0 Å². The highest BCUT2D eigenvalue weighted by molar-refractivity contribution is 5.80. The van der Waals surface area contributed by atoms with Gasteiger partial charge in [0.15, 0.2) is 0 Å². The number of hydrazone groups is 1. The molecule has 0 fully saturated rings. The molecule has 0 aliphatic heterocycles. The monoisotopic (exact) mass is 265 g/mol. The summed E-state index contributed by atoms with van der Waals surface area (Å²) in [6.45, 7) is 1.49. The van der Waals surface area contributed by atoms with Crippen LogP contribution in [0.4, 0.5) is 14.7 Å². The van der Waals surface area contributed by atoms with Gasteiger partial charge in [-0.2, -0.15) is 5.10 Å². The van der Waals surface area contributed by atoms with Crippen LogP contribution in [0.15, 0.2) is 28.1 Å². The van der Waals surface area contributed by atoms with Crippen molar-refractivity contribution in [2.45, 2.75) is 6.92 Å². The van der Waals surface area contributed by atoms with Crippen molar-refractivity contribution in [3.63, 3.8) is 0 Å². The standard InChI is InChI=1S/C11H9F2N5O/c1-6-10(19)15-11(18-16-6)17-14-5-7-8(12)3-2-4-9(7)13/h2-5H,1H3,(H2,15,17,18,19)/b14-5-. The molecular formula is C11H9F2N5O. The SMILES string of the molecule is Cc1nnc(N/N=C\c2c(F)cccc2F)[nH]c1=O. The number of benzene rings is 1. The summed E-state index contributed by atoms with van der Waals surface area (Å²) in [5.41, 5.74) is 1.81. The third kappa shape index (κ3) is 2.97. The Balaban J connectivity index is 2.16. The zero-order chi connectivity index (χ0) is 13.8. The minimum atomic E-state index is -0.742. The number of nitrogens with zero attached hydrogens (tertiary/aromatic N) is 3. The van der Waals surface area contributed by atoms with Crippen molar-refractivity contribution in [1.82, 2.24) is 15.2 Å². The number of aryl methyl sites for hydroxylation is 1. The molecule has 0 spiro atoms. The summed E-state index contributed by atoms with van der Waals surface area (Å²) in [7, 11) is 0. The lowest BCUT2D eigenvalue weighted by molar-refractivity contribution is 0.580. The van der Waals surface area contributed by atoms with Gasteiger partial charge in [0.05, 0.1) is 11.8 Å². The number of aromatic nitrogens is 3. The van der Waals surface area contributed by atoms with Crippen LogP contribution in [0.1, 0.15) is 11.3 Å². The van der Waals surface area contributed by atoms with E-state index in [0.29, 0.717) is 0 Å². The first kappa shape index (κ1) is 12.8. The van der Waals surface area contributed by atoms with Crippen LogP contribution in [0.25, 0.3) is 0 Å². The predicted octanol–water partition coefficient (Wildman–Crippen LogP) is 1.20. The first-order chi connectivity index (χ1) is 9.08. The molecule has 0 radical (unpaired) electrons. The number of anilines is 1. The van der Waals surface area contributed by atoms with Crippen molar-refractivity contribution >= 4 is 12.2 Å². The van der Waals surface area contributed by atoms with E-state index in [1.54, 1.807) is 0 Å². The highest BCUT2D eigenvalue weighted by Crippen LogP contribution is 2.09. The normalized spacial score (nSPS) is 10.9. The molecule has 0 saturated heterocycles. The molecule has 19 heavy (non-hydrogen) atoms. The summed E-state index contributed by atoms with van der Waals surface area (Å²) in [5.74, 6) is -1.51. The Morgan fingerprint density at radius 1 is 1.32 bits per heavy atom. The first-order valence-corrected chi connectivity index (χ1v) is 5.24. The van der Waals surface area contributed by atoms with Gasteiger partial charge in [-0.25, -0.2) is 14.2 Å². The smallest absolute Gasteiger partial charge is 0.274 e. The van der Waals surface area contributed by atoms with Crippen LogP contribution in [0.5, 0.6) is 0 Å². The molecule has 0 saturated carbocycles. The Morgan fingerprint density at radius 2 is 2.00 bits per heavy atom. The molecule has 0 aliphatic rings. The Bertz CT molecular complexity index is 663. The molecule has 8 heteroatoms. The van der Waals surface area contributed by atoms with E-state index in [4.69, 9.17) is 0 Å². The second kappa shape index (κ2) is 5.34. The van der Waals surface area contributed by atoms with Gasteiger partial charge in [-0.15, -0.1) is 10.2 Å². The van der Waals surface area contributed by atoms with Crippen molar-refractivity contribution in [2.75, 3.05) is 5.43 Å². The van der Waals surface area contributed by atoms with E-state index in [0.717, 1.165) is 18.3 Å². The average molecular weight is 265 g/mol. The third-order valence-electron chi connectivity index (χ3n) is 2.22. The van der Waals surface area contributed by atoms with E-state index in [-0.39, 0.29) is 17.2 Å². The van der Waals surface area contributed by atoms with Crippen molar-refractivity contribution in [3.8, 4) is 0 Å². The van der Waals surface area contributed by atoms with Crippen molar-refractivity contribution in [1.29, 1.82) is 0 Å². The second-order valence-electron chi connectivity index (χ2n) is 3.59. The van der Waals surface area contributed by atoms with Crippen LogP contribution in [-0.2, 0) is 0 Å². The Morgan fingerprint density at radius 3 is 2.63 bits per heavy atom. The summed E-state index contributed by atoms with van der Waals surface area (Å²) in [5, 5.41) is 10.7. The zero-order valence-corrected chi connectivity index (χ0v) is 9.82. The van der Waals surface area contributed by atoms with Crippen LogP contribution < -0.4 is 11.0 Å². The molecule has 98 valence electrons. The molecule has 2 rings (SSSR count). The fourth-order valence-electron chi connectivity index (χ4n) is 1.24. The molecule has 0 atom stereocenters. The van der Waals surface area contributed by atoms with Crippen molar-refractivity contribution in [2.24, 2.45) is 5.10 Å². The summed E-state index contributed by atoms with van der Waals surface area (Å²) in [6, 6.07) is 3.47. The summed E-state index contributed by atoms with van der Waals surface area (Å²) < 4.78 is 26.5. The van der Waals surface area contributed by atoms with E-state index in [1.165, 1.54) is 13.0 Å². The summed E-state index contributed by atoms with van der Waals surface area (Å²) in [6.07, 6.45) is 0.949. The Labute approximate surface area is 106 Å². The molecule has 0 aliphatic carbocycles. The maximum absolute atomic E-state index is 13.2. The number of halogens is 2. The maximum Gasteiger partial charge on any atom is 0.274 e. The fraction of sp³-hybridized carbons (Fsp3) is 0.0909. The third-order valence-corrected chi connectivity index (χ3v) is 2.22. The molecule has 1 aromatic carbocycles. The highest BCUT2D eigenvalue weighted by Gasteiger charge is 2.05. The number of hydrogen-bond donors (Lipinski definition) is 2. The van der Waals surface area contributed by atoms with Crippen LogP contribution in [0.2, 0.25) is 0 Å². The lowest BCUT2D eigenvalue weighted by Gasteiger charge is -1.99. The maximum atomic E-state index is 13.2. The van der Waals surface area contributed by atoms with Gasteiger partial charge in [0.2, 0.25) is 5.95 Å². The van der Waals surface area contributed by atoms with Crippen LogP contribution in [0.3, 0.4) is 0 Å². The quantitative estimate of drug-likeness (QED) is 0.645. The van der Waals surface area contributed by atoms with Crippen LogP contribution in [-0.4, -0.2) is 21.4 Å². The number of rotatable bonds is 3. The summed E-state index contributed by atoms with van der Waals surface area (Å²) >= 11 is 0. The number of H-pyrrole nitrogens is 1. The molecule has 0 bridgehead atoms. The molecular weight excluding hydrogens is 256 g/mol. The molecule has 0 amide bonds. The molecule has 2 N–H and O–H groups in total. The summed E-state index contributed by atoms with van der Waals surface area (Å²) in [4.78, 5) is 13.6. The van der Waals surface area contributed by atoms with E-state index in [1.807, 2.05) is 0 Å². The lowest BCUT2D eigenvalue weighted by Crippen LogP contribution is -2.15. The lowest BCUT2D eigenvalue weighted by atomic mass is 10.2. The molecule has 1 aromatic heterocycles. The van der Waals surface area contributed by atoms with Gasteiger partial charge in [-0.05, 0) is 19.1 Å². The molecule has 0 unspecified atom stereocenters. The van der Waals surface area contributed by atoms with Crippen molar-refractivity contribution < 1.29 is 8.78 Å². The van der Waals surface area contributed by atoms with Crippen LogP contribution in [0, 0.1) is 18.6 Å². The minimum absolute atomic E-state index is 0.0244. The van der Waals surface area contributed by atoms with Crippen molar-refractivity contribution in [3.05, 3.63) is 51.4 Å². The Kier molecular flexibility index (Phi) is 3.60. The average Bonchev–Trinajstić information content (AvgIpc) is 2.37. The largest absolute Gasteiger partial charge is 0.288 e. The molecule has 2 aromatic rings. The topological polar surface area (TPSA) is 83.0 Å². The van der Waals surface area contributed by atoms with E-state index in [2.05, 4.69) is 25.7 Å². The first-order valence-electron chi connectivity index (χ1n) is 5.24. The van der Waals surface area contributed by atoms with Gasteiger partial charge in [-0.1, -0.05) is 6.07 Å². The second-order valence-corrected chi connectivity index (χ2v) is 3.59.